The molecule has 0 amide bonds. The van der Waals surface area contributed by atoms with Gasteiger partial charge in [-0.25, -0.2) is 0 Å². The van der Waals surface area contributed by atoms with Gasteiger partial charge in [0.25, 0.3) is 0 Å². The van der Waals surface area contributed by atoms with Gasteiger partial charge < -0.3 is 10.1 Å². The van der Waals surface area contributed by atoms with Gasteiger partial charge in [-0.3, -0.25) is 4.68 Å². The summed E-state index contributed by atoms with van der Waals surface area (Å²) in [6.45, 7) is 9.28. The molecule has 0 radical (unpaired) electrons. The van der Waals surface area contributed by atoms with Crippen molar-refractivity contribution in [2.24, 2.45) is 0 Å². The van der Waals surface area contributed by atoms with E-state index in [0.29, 0.717) is 12.1 Å². The highest BCUT2D eigenvalue weighted by Crippen LogP contribution is 2.25. The van der Waals surface area contributed by atoms with Crippen LogP contribution in [0.3, 0.4) is 0 Å². The van der Waals surface area contributed by atoms with Crippen molar-refractivity contribution < 1.29 is 4.74 Å². The quantitative estimate of drug-likeness (QED) is 0.811. The molecule has 2 atom stereocenters. The van der Waals surface area contributed by atoms with Gasteiger partial charge in [-0.15, -0.1) is 0 Å². The zero-order chi connectivity index (χ0) is 15.2. The minimum Gasteiger partial charge on any atom is -0.377 e. The van der Waals surface area contributed by atoms with E-state index >= 15 is 0 Å². The predicted molar refractivity (Wildman–Crippen MR) is 89.7 cm³/mol. The average Bonchev–Trinajstić information content (AvgIpc) is 2.79. The molecular weight excluding hydrogens is 330 g/mol. The maximum Gasteiger partial charge on any atom is 0.0738 e. The van der Waals surface area contributed by atoms with Crippen LogP contribution in [0.1, 0.15) is 50.9 Å². The number of halogens is 1. The highest BCUT2D eigenvalue weighted by atomic mass is 79.9. The van der Waals surface area contributed by atoms with Crippen molar-refractivity contribution in [2.45, 2.75) is 71.6 Å². The van der Waals surface area contributed by atoms with Crippen molar-refractivity contribution in [2.75, 3.05) is 13.2 Å². The first-order chi connectivity index (χ1) is 10.2. The fourth-order valence-corrected chi connectivity index (χ4v) is 3.47. The van der Waals surface area contributed by atoms with E-state index in [-0.39, 0.29) is 0 Å². The van der Waals surface area contributed by atoms with Gasteiger partial charge >= 0.3 is 0 Å². The predicted octanol–water partition coefficient (Wildman–Crippen LogP) is 3.45. The van der Waals surface area contributed by atoms with Crippen LogP contribution in [0.4, 0.5) is 0 Å². The van der Waals surface area contributed by atoms with Gasteiger partial charge in [0.15, 0.2) is 0 Å². The second-order valence-corrected chi connectivity index (χ2v) is 6.62. The number of hydrogen-bond acceptors (Lipinski definition) is 3. The highest BCUT2D eigenvalue weighted by molar-refractivity contribution is 9.10. The summed E-state index contributed by atoms with van der Waals surface area (Å²) in [4.78, 5) is 0. The average molecular weight is 358 g/mol. The molecule has 1 saturated heterocycles. The van der Waals surface area contributed by atoms with Crippen LogP contribution in [-0.2, 0) is 17.7 Å². The van der Waals surface area contributed by atoms with E-state index in [1.807, 2.05) is 0 Å². The van der Waals surface area contributed by atoms with Crippen molar-refractivity contribution in [3.05, 3.63) is 15.9 Å². The lowest BCUT2D eigenvalue weighted by Crippen LogP contribution is -2.45. The van der Waals surface area contributed by atoms with Crippen LogP contribution in [-0.4, -0.2) is 35.1 Å². The van der Waals surface area contributed by atoms with Crippen LogP contribution in [0.2, 0.25) is 0 Å². The Morgan fingerprint density at radius 2 is 2.24 bits per heavy atom. The van der Waals surface area contributed by atoms with Crippen LogP contribution >= 0.6 is 15.9 Å². The minimum absolute atomic E-state index is 0.331. The summed E-state index contributed by atoms with van der Waals surface area (Å²) >= 11 is 3.71. The summed E-state index contributed by atoms with van der Waals surface area (Å²) in [5.74, 6) is 0. The molecule has 0 aliphatic carbocycles. The van der Waals surface area contributed by atoms with E-state index in [9.17, 15) is 0 Å². The lowest BCUT2D eigenvalue weighted by molar-refractivity contribution is -0.00778. The summed E-state index contributed by atoms with van der Waals surface area (Å²) in [5.41, 5.74) is 2.36. The highest BCUT2D eigenvalue weighted by Gasteiger charge is 2.26. The van der Waals surface area contributed by atoms with Crippen LogP contribution in [0, 0.1) is 6.92 Å². The third-order valence-corrected chi connectivity index (χ3v) is 5.22. The Bertz CT molecular complexity index is 441. The summed E-state index contributed by atoms with van der Waals surface area (Å²) in [5, 5.41) is 8.30. The fourth-order valence-electron chi connectivity index (χ4n) is 3.02. The fraction of sp³-hybridized carbons (Fsp3) is 0.812. The van der Waals surface area contributed by atoms with Gasteiger partial charge in [0, 0.05) is 25.6 Å². The lowest BCUT2D eigenvalue weighted by Gasteiger charge is -2.31. The summed E-state index contributed by atoms with van der Waals surface area (Å²) < 4.78 is 9.29. The number of aryl methyl sites for hydroxylation is 2. The van der Waals surface area contributed by atoms with Gasteiger partial charge in [0.1, 0.15) is 0 Å². The molecule has 21 heavy (non-hydrogen) atoms. The summed E-state index contributed by atoms with van der Waals surface area (Å²) in [6.07, 6.45) is 6.10. The lowest BCUT2D eigenvalue weighted by atomic mass is 9.98. The molecule has 1 aliphatic rings. The van der Waals surface area contributed by atoms with Crippen molar-refractivity contribution >= 4 is 15.9 Å². The Morgan fingerprint density at radius 3 is 2.86 bits per heavy atom. The first kappa shape index (κ1) is 17.0. The van der Waals surface area contributed by atoms with Gasteiger partial charge in [0.05, 0.1) is 22.0 Å². The molecule has 2 rings (SSSR count). The summed E-state index contributed by atoms with van der Waals surface area (Å²) in [7, 11) is 0. The van der Waals surface area contributed by atoms with Crippen LogP contribution < -0.4 is 5.32 Å². The number of hydrogen-bond donors (Lipinski definition) is 1. The topological polar surface area (TPSA) is 39.1 Å². The number of nitrogens with zero attached hydrogens (tertiary/aromatic N) is 2. The SMILES string of the molecule is CCCNC(Cc1c(Br)c(C)nn1CC)C1CCCCO1. The van der Waals surface area contributed by atoms with E-state index in [1.165, 1.54) is 18.5 Å². The molecule has 1 fully saturated rings. The third kappa shape index (κ3) is 4.30. The molecule has 0 bridgehead atoms. The second kappa shape index (κ2) is 8.30. The largest absolute Gasteiger partial charge is 0.377 e. The molecule has 2 heterocycles. The van der Waals surface area contributed by atoms with Gasteiger partial charge in [-0.2, -0.15) is 5.10 Å². The number of rotatable bonds is 7. The van der Waals surface area contributed by atoms with E-state index < -0.39 is 0 Å². The Morgan fingerprint density at radius 1 is 1.43 bits per heavy atom. The zero-order valence-corrected chi connectivity index (χ0v) is 15.1. The molecule has 120 valence electrons. The van der Waals surface area contributed by atoms with E-state index in [2.05, 4.69) is 51.8 Å². The van der Waals surface area contributed by atoms with Gasteiger partial charge in [0.2, 0.25) is 0 Å². The van der Waals surface area contributed by atoms with Crippen LogP contribution in [0.5, 0.6) is 0 Å². The molecule has 2 unspecified atom stereocenters. The smallest absolute Gasteiger partial charge is 0.0738 e. The Hall–Kier alpha value is -0.390. The molecule has 0 aromatic carbocycles. The molecule has 1 aromatic rings. The van der Waals surface area contributed by atoms with Crippen molar-refractivity contribution in [3.63, 3.8) is 0 Å². The van der Waals surface area contributed by atoms with Crippen LogP contribution in [0.15, 0.2) is 4.47 Å². The molecule has 0 spiro atoms. The zero-order valence-electron chi connectivity index (χ0n) is 13.5. The number of ether oxygens (including phenoxy) is 1. The van der Waals surface area contributed by atoms with Gasteiger partial charge in [-0.1, -0.05) is 6.92 Å². The monoisotopic (exact) mass is 357 g/mol. The first-order valence-electron chi connectivity index (χ1n) is 8.24. The number of aromatic nitrogens is 2. The minimum atomic E-state index is 0.331. The molecule has 0 saturated carbocycles. The summed E-state index contributed by atoms with van der Waals surface area (Å²) in [6, 6.07) is 0.378. The molecule has 5 heteroatoms. The van der Waals surface area contributed by atoms with E-state index in [4.69, 9.17) is 4.74 Å². The Kier molecular flexibility index (Phi) is 6.71. The van der Waals surface area contributed by atoms with Gasteiger partial charge in [-0.05, 0) is 62.0 Å². The second-order valence-electron chi connectivity index (χ2n) is 5.83. The Balaban J connectivity index is 2.13. The normalized spacial score (nSPS) is 20.7. The molecule has 1 N–H and O–H groups in total. The molecule has 4 nitrogen and oxygen atoms in total. The standard InChI is InChI=1S/C16H28BrN3O/c1-4-9-18-13(15-8-6-7-10-21-15)11-14-16(17)12(3)19-20(14)5-2/h13,15,18H,4-11H2,1-3H3. The van der Waals surface area contributed by atoms with Crippen molar-refractivity contribution in [3.8, 4) is 0 Å². The third-order valence-electron chi connectivity index (χ3n) is 4.19. The molecule has 1 aromatic heterocycles. The van der Waals surface area contributed by atoms with Crippen molar-refractivity contribution in [1.82, 2.24) is 15.1 Å². The number of nitrogens with one attached hydrogen (secondary N) is 1. The van der Waals surface area contributed by atoms with Crippen LogP contribution in [0.25, 0.3) is 0 Å². The Labute approximate surface area is 136 Å². The van der Waals surface area contributed by atoms with E-state index in [1.54, 1.807) is 0 Å². The van der Waals surface area contributed by atoms with E-state index in [0.717, 1.165) is 49.1 Å². The molecular formula is C16H28BrN3O. The first-order valence-corrected chi connectivity index (χ1v) is 9.03. The maximum absolute atomic E-state index is 6.02. The van der Waals surface area contributed by atoms with Crippen molar-refractivity contribution in [1.29, 1.82) is 0 Å². The molecule has 1 aliphatic heterocycles. The maximum atomic E-state index is 6.02.